The van der Waals surface area contributed by atoms with E-state index in [4.69, 9.17) is 9.05 Å². The number of ketones is 1. The number of Topliss-reactive ketones (excluding diaryl/α,β-unsaturated/α-hetero) is 1. The Morgan fingerprint density at radius 2 is 1.50 bits per heavy atom. The lowest BCUT2D eigenvalue weighted by Gasteiger charge is -2.21. The number of carbonyl (C=O) groups excluding carboxylic acids is 1. The molecular formula is C19H28NO6PS. The van der Waals surface area contributed by atoms with E-state index in [9.17, 15) is 17.8 Å². The van der Waals surface area contributed by atoms with Gasteiger partial charge in [0.25, 0.3) is 0 Å². The number of carbonyl (C=O) groups is 1. The molecule has 0 atom stereocenters. The molecule has 0 aliphatic heterocycles. The van der Waals surface area contributed by atoms with Gasteiger partial charge in [-0.3, -0.25) is 13.8 Å². The highest BCUT2D eigenvalue weighted by molar-refractivity contribution is 7.89. The number of benzene rings is 1. The van der Waals surface area contributed by atoms with E-state index < -0.39 is 23.4 Å². The Morgan fingerprint density at radius 1 is 1.00 bits per heavy atom. The van der Waals surface area contributed by atoms with Gasteiger partial charge in [-0.1, -0.05) is 13.8 Å². The predicted molar refractivity (Wildman–Crippen MR) is 109 cm³/mol. The molecule has 0 N–H and O–H groups in total. The standard InChI is InChI=1S/C19H28NO6PS/c1-5-14-20(15-6-2)28(23,24)18-11-9-17(10-12-18)19(21)13-16-27(22,25-7-3)26-8-4/h9-12H,5-8,14-15H2,1-4H3. The SMILES string of the molecule is CCCN(CCC)S(=O)(=O)c1ccc(C(=O)C#CP(=O)(OCC)OCC)cc1. The quantitative estimate of drug-likeness (QED) is 0.301. The van der Waals surface area contributed by atoms with Crippen LogP contribution in [0.25, 0.3) is 0 Å². The van der Waals surface area contributed by atoms with Crippen molar-refractivity contribution >= 4 is 23.4 Å². The van der Waals surface area contributed by atoms with Crippen LogP contribution in [0.3, 0.4) is 0 Å². The van der Waals surface area contributed by atoms with E-state index >= 15 is 0 Å². The molecule has 0 aliphatic rings. The summed E-state index contributed by atoms with van der Waals surface area (Å²) >= 11 is 0. The van der Waals surface area contributed by atoms with Gasteiger partial charge < -0.3 is 0 Å². The Kier molecular flexibility index (Phi) is 10.1. The molecule has 0 aliphatic carbocycles. The molecule has 0 aromatic heterocycles. The molecule has 1 rings (SSSR count). The molecular weight excluding hydrogens is 401 g/mol. The van der Waals surface area contributed by atoms with Gasteiger partial charge in [-0.2, -0.15) is 4.31 Å². The third-order valence-corrected chi connectivity index (χ3v) is 7.10. The Morgan fingerprint density at radius 3 is 1.93 bits per heavy atom. The molecule has 0 saturated carbocycles. The molecule has 1 aromatic rings. The number of nitrogens with zero attached hydrogens (tertiary/aromatic N) is 1. The largest absolute Gasteiger partial charge is 0.406 e. The van der Waals surface area contributed by atoms with Gasteiger partial charge in [0.15, 0.2) is 0 Å². The summed E-state index contributed by atoms with van der Waals surface area (Å²) < 4.78 is 49.2. The molecule has 0 saturated heterocycles. The van der Waals surface area contributed by atoms with E-state index in [1.807, 2.05) is 13.8 Å². The van der Waals surface area contributed by atoms with Gasteiger partial charge in [-0.25, -0.2) is 13.0 Å². The van der Waals surface area contributed by atoms with Crippen molar-refractivity contribution in [3.05, 3.63) is 29.8 Å². The highest BCUT2D eigenvalue weighted by atomic mass is 32.2. The van der Waals surface area contributed by atoms with Crippen molar-refractivity contribution in [3.63, 3.8) is 0 Å². The average molecular weight is 429 g/mol. The minimum Gasteiger partial charge on any atom is -0.300 e. The maximum absolute atomic E-state index is 12.7. The molecule has 156 valence electrons. The first kappa shape index (κ1) is 24.5. The first-order valence-corrected chi connectivity index (χ1v) is 12.3. The van der Waals surface area contributed by atoms with Gasteiger partial charge in [0, 0.05) is 24.3 Å². The smallest absolute Gasteiger partial charge is 0.300 e. The Balaban J connectivity index is 3.05. The zero-order valence-electron chi connectivity index (χ0n) is 16.8. The lowest BCUT2D eigenvalue weighted by Crippen LogP contribution is -2.32. The fourth-order valence-corrected chi connectivity index (χ4v) is 5.16. The fraction of sp³-hybridized carbons (Fsp3) is 0.526. The van der Waals surface area contributed by atoms with Gasteiger partial charge in [-0.05, 0) is 56.9 Å². The number of rotatable bonds is 11. The van der Waals surface area contributed by atoms with E-state index in [0.29, 0.717) is 25.9 Å². The normalized spacial score (nSPS) is 11.9. The third kappa shape index (κ3) is 6.84. The van der Waals surface area contributed by atoms with E-state index in [1.165, 1.54) is 28.6 Å². The van der Waals surface area contributed by atoms with Gasteiger partial charge in [0.2, 0.25) is 15.8 Å². The second-order valence-electron chi connectivity index (χ2n) is 5.83. The summed E-state index contributed by atoms with van der Waals surface area (Å²) in [7, 11) is -7.26. The maximum atomic E-state index is 12.7. The number of sulfonamides is 1. The van der Waals surface area contributed by atoms with Crippen molar-refractivity contribution in [1.29, 1.82) is 0 Å². The van der Waals surface area contributed by atoms with Gasteiger partial charge in [0.05, 0.1) is 18.1 Å². The van der Waals surface area contributed by atoms with Crippen LogP contribution >= 0.6 is 7.60 Å². The van der Waals surface area contributed by atoms with E-state index in [-0.39, 0.29) is 23.7 Å². The summed E-state index contributed by atoms with van der Waals surface area (Å²) in [6, 6.07) is 5.55. The van der Waals surface area contributed by atoms with Crippen molar-refractivity contribution in [2.75, 3.05) is 26.3 Å². The summed E-state index contributed by atoms with van der Waals surface area (Å²) in [6.45, 7) is 8.28. The molecule has 0 unspecified atom stereocenters. The predicted octanol–water partition coefficient (Wildman–Crippen LogP) is 3.91. The van der Waals surface area contributed by atoms with Crippen LogP contribution in [-0.2, 0) is 23.6 Å². The molecule has 0 heterocycles. The first-order valence-electron chi connectivity index (χ1n) is 9.31. The van der Waals surface area contributed by atoms with Gasteiger partial charge in [-0.15, -0.1) is 0 Å². The number of hydrogen-bond donors (Lipinski definition) is 0. The van der Waals surface area contributed by atoms with Crippen LogP contribution in [0.5, 0.6) is 0 Å². The Bertz CT molecular complexity index is 839. The average Bonchev–Trinajstić information content (AvgIpc) is 2.66. The van der Waals surface area contributed by atoms with Gasteiger partial charge in [0.1, 0.15) is 0 Å². The molecule has 28 heavy (non-hydrogen) atoms. The van der Waals surface area contributed by atoms with Crippen molar-refractivity contribution in [1.82, 2.24) is 4.31 Å². The minimum absolute atomic E-state index is 0.119. The second-order valence-corrected chi connectivity index (χ2v) is 9.50. The topological polar surface area (TPSA) is 90.0 Å². The minimum atomic E-state index is -3.64. The zero-order chi connectivity index (χ0) is 21.2. The fourth-order valence-electron chi connectivity index (χ4n) is 2.41. The molecule has 7 nitrogen and oxygen atoms in total. The summed E-state index contributed by atoms with van der Waals surface area (Å²) in [4.78, 5) is 12.4. The monoisotopic (exact) mass is 429 g/mol. The molecule has 0 spiro atoms. The van der Waals surface area contributed by atoms with Crippen molar-refractivity contribution in [2.45, 2.75) is 45.4 Å². The molecule has 0 bridgehead atoms. The van der Waals surface area contributed by atoms with Crippen LogP contribution < -0.4 is 0 Å². The van der Waals surface area contributed by atoms with E-state index in [0.717, 1.165) is 0 Å². The first-order chi connectivity index (χ1) is 13.2. The Hall–Kier alpha value is -1.49. The third-order valence-electron chi connectivity index (χ3n) is 3.60. The summed E-state index contributed by atoms with van der Waals surface area (Å²) in [6.07, 6.45) is 1.43. The lowest BCUT2D eigenvalue weighted by molar-refractivity contribution is 0.105. The van der Waals surface area contributed by atoms with Crippen LogP contribution in [0.4, 0.5) is 0 Å². The van der Waals surface area contributed by atoms with Crippen LogP contribution in [0.1, 0.15) is 50.9 Å². The summed E-state index contributed by atoms with van der Waals surface area (Å²) in [5, 5.41) is 0. The van der Waals surface area contributed by atoms with Crippen LogP contribution in [0, 0.1) is 11.6 Å². The molecule has 0 radical (unpaired) electrons. The zero-order valence-corrected chi connectivity index (χ0v) is 18.5. The van der Waals surface area contributed by atoms with Crippen molar-refractivity contribution in [2.24, 2.45) is 0 Å². The van der Waals surface area contributed by atoms with Crippen LogP contribution in [0.2, 0.25) is 0 Å². The summed E-state index contributed by atoms with van der Waals surface area (Å²) in [5.74, 6) is 1.67. The molecule has 0 amide bonds. The number of hydrogen-bond acceptors (Lipinski definition) is 6. The molecule has 0 fully saturated rings. The highest BCUT2D eigenvalue weighted by Crippen LogP contribution is 2.46. The van der Waals surface area contributed by atoms with Crippen molar-refractivity contribution in [3.8, 4) is 11.6 Å². The van der Waals surface area contributed by atoms with Crippen molar-refractivity contribution < 1.29 is 26.8 Å². The Labute approximate surface area is 168 Å². The van der Waals surface area contributed by atoms with Gasteiger partial charge >= 0.3 is 7.60 Å². The summed E-state index contributed by atoms with van der Waals surface area (Å²) in [5.41, 5.74) is 2.48. The van der Waals surface area contributed by atoms with E-state index in [1.54, 1.807) is 13.8 Å². The lowest BCUT2D eigenvalue weighted by atomic mass is 10.1. The molecule has 9 heteroatoms. The highest BCUT2D eigenvalue weighted by Gasteiger charge is 2.23. The van der Waals surface area contributed by atoms with Crippen LogP contribution in [-0.4, -0.2) is 44.8 Å². The van der Waals surface area contributed by atoms with E-state index in [2.05, 4.69) is 11.6 Å². The maximum Gasteiger partial charge on any atom is 0.406 e. The molecule has 1 aromatic carbocycles. The second kappa shape index (κ2) is 11.5. The van der Waals surface area contributed by atoms with Crippen LogP contribution in [0.15, 0.2) is 29.2 Å².